The molecule has 2 rings (SSSR count). The minimum atomic E-state index is 0.619. The fourth-order valence-electron chi connectivity index (χ4n) is 2.21. The third-order valence-corrected chi connectivity index (χ3v) is 3.38. The zero-order valence-corrected chi connectivity index (χ0v) is 11.3. The van der Waals surface area contributed by atoms with Crippen molar-refractivity contribution in [3.8, 4) is 0 Å². The van der Waals surface area contributed by atoms with Crippen LogP contribution in [0.5, 0.6) is 0 Å². The Bertz CT molecular complexity index is 346. The lowest BCUT2D eigenvalue weighted by Gasteiger charge is -2.25. The average Bonchev–Trinajstić information content (AvgIpc) is 3.24. The highest BCUT2D eigenvalue weighted by molar-refractivity contribution is 5.49. The van der Waals surface area contributed by atoms with Crippen molar-refractivity contribution in [1.82, 2.24) is 0 Å². The molecule has 0 spiro atoms. The maximum atomic E-state index is 5.63. The molecule has 0 aliphatic heterocycles. The van der Waals surface area contributed by atoms with E-state index in [1.807, 2.05) is 6.92 Å². The summed E-state index contributed by atoms with van der Waals surface area (Å²) in [5.41, 5.74) is 8.15. The van der Waals surface area contributed by atoms with Crippen LogP contribution in [-0.4, -0.2) is 25.8 Å². The highest BCUT2D eigenvalue weighted by Crippen LogP contribution is 2.31. The summed E-state index contributed by atoms with van der Waals surface area (Å²) in [6, 6.07) is 9.40. The standard InChI is InChI=1S/C15H24N2O/c1-2-18-11-3-10-17(15-8-9-15)14-6-4-13(12-16)5-7-14/h4-7,15H,2-3,8-12,16H2,1H3. The van der Waals surface area contributed by atoms with Crippen molar-refractivity contribution < 1.29 is 4.74 Å². The zero-order valence-electron chi connectivity index (χ0n) is 11.3. The van der Waals surface area contributed by atoms with E-state index in [2.05, 4.69) is 29.2 Å². The molecule has 1 aliphatic rings. The van der Waals surface area contributed by atoms with Gasteiger partial charge >= 0.3 is 0 Å². The van der Waals surface area contributed by atoms with Gasteiger partial charge in [-0.05, 0) is 43.9 Å². The predicted octanol–water partition coefficient (Wildman–Crippen LogP) is 2.54. The lowest BCUT2D eigenvalue weighted by molar-refractivity contribution is 0.146. The van der Waals surface area contributed by atoms with Gasteiger partial charge in [0.15, 0.2) is 0 Å². The van der Waals surface area contributed by atoms with Crippen LogP contribution in [0.25, 0.3) is 0 Å². The van der Waals surface area contributed by atoms with Gasteiger partial charge < -0.3 is 15.4 Å². The fraction of sp³-hybridized carbons (Fsp3) is 0.600. The molecule has 0 amide bonds. The van der Waals surface area contributed by atoms with Crippen LogP contribution in [0.15, 0.2) is 24.3 Å². The number of hydrogen-bond donors (Lipinski definition) is 1. The minimum Gasteiger partial charge on any atom is -0.382 e. The van der Waals surface area contributed by atoms with Crippen LogP contribution in [0.3, 0.4) is 0 Å². The van der Waals surface area contributed by atoms with Crippen molar-refractivity contribution in [1.29, 1.82) is 0 Å². The van der Waals surface area contributed by atoms with Gasteiger partial charge in [-0.25, -0.2) is 0 Å². The van der Waals surface area contributed by atoms with Crippen molar-refractivity contribution >= 4 is 5.69 Å². The molecule has 1 aromatic rings. The number of ether oxygens (including phenoxy) is 1. The van der Waals surface area contributed by atoms with Crippen LogP contribution >= 0.6 is 0 Å². The molecule has 3 nitrogen and oxygen atoms in total. The van der Waals surface area contributed by atoms with E-state index in [1.165, 1.54) is 24.1 Å². The molecule has 0 aromatic heterocycles. The zero-order chi connectivity index (χ0) is 12.8. The topological polar surface area (TPSA) is 38.5 Å². The first-order valence-electron chi connectivity index (χ1n) is 6.98. The second-order valence-corrected chi connectivity index (χ2v) is 4.85. The van der Waals surface area contributed by atoms with Crippen molar-refractivity contribution in [3.05, 3.63) is 29.8 Å². The van der Waals surface area contributed by atoms with E-state index < -0.39 is 0 Å². The Morgan fingerprint density at radius 2 is 2.00 bits per heavy atom. The van der Waals surface area contributed by atoms with Gasteiger partial charge in [-0.1, -0.05) is 12.1 Å². The fourth-order valence-corrected chi connectivity index (χ4v) is 2.21. The van der Waals surface area contributed by atoms with E-state index in [-0.39, 0.29) is 0 Å². The number of nitrogens with two attached hydrogens (primary N) is 1. The third-order valence-electron chi connectivity index (χ3n) is 3.38. The first-order chi connectivity index (χ1) is 8.85. The molecular weight excluding hydrogens is 224 g/mol. The molecule has 1 fully saturated rings. The van der Waals surface area contributed by atoms with E-state index >= 15 is 0 Å². The SMILES string of the molecule is CCOCCCN(c1ccc(CN)cc1)C1CC1. The molecule has 0 bridgehead atoms. The number of anilines is 1. The number of rotatable bonds is 8. The van der Waals surface area contributed by atoms with E-state index in [0.29, 0.717) is 6.54 Å². The van der Waals surface area contributed by atoms with Crippen LogP contribution in [0.2, 0.25) is 0 Å². The Labute approximate surface area is 110 Å². The second-order valence-electron chi connectivity index (χ2n) is 4.85. The Morgan fingerprint density at radius 3 is 2.56 bits per heavy atom. The largest absolute Gasteiger partial charge is 0.382 e. The molecule has 100 valence electrons. The predicted molar refractivity (Wildman–Crippen MR) is 75.8 cm³/mol. The summed E-state index contributed by atoms with van der Waals surface area (Å²) < 4.78 is 5.41. The molecule has 0 radical (unpaired) electrons. The summed E-state index contributed by atoms with van der Waals surface area (Å²) in [4.78, 5) is 2.51. The molecule has 1 aromatic carbocycles. The summed E-state index contributed by atoms with van der Waals surface area (Å²) >= 11 is 0. The van der Waals surface area contributed by atoms with Gasteiger partial charge in [0.25, 0.3) is 0 Å². The van der Waals surface area contributed by atoms with Gasteiger partial charge in [-0.3, -0.25) is 0 Å². The first kappa shape index (κ1) is 13.4. The Hall–Kier alpha value is -1.06. The molecule has 0 saturated heterocycles. The summed E-state index contributed by atoms with van der Waals surface area (Å²) in [7, 11) is 0. The van der Waals surface area contributed by atoms with E-state index in [9.17, 15) is 0 Å². The highest BCUT2D eigenvalue weighted by atomic mass is 16.5. The second kappa shape index (κ2) is 6.76. The van der Waals surface area contributed by atoms with Gasteiger partial charge in [-0.15, -0.1) is 0 Å². The van der Waals surface area contributed by atoms with Gasteiger partial charge in [0.1, 0.15) is 0 Å². The molecule has 1 saturated carbocycles. The number of nitrogens with zero attached hydrogens (tertiary/aromatic N) is 1. The maximum Gasteiger partial charge on any atom is 0.0482 e. The maximum absolute atomic E-state index is 5.63. The summed E-state index contributed by atoms with van der Waals surface area (Å²) in [6.07, 6.45) is 3.75. The molecule has 0 heterocycles. The number of benzene rings is 1. The molecule has 1 aliphatic carbocycles. The quantitative estimate of drug-likeness (QED) is 0.719. The van der Waals surface area contributed by atoms with E-state index in [4.69, 9.17) is 10.5 Å². The molecule has 18 heavy (non-hydrogen) atoms. The van der Waals surface area contributed by atoms with Crippen LogP contribution in [-0.2, 0) is 11.3 Å². The molecule has 3 heteroatoms. The van der Waals surface area contributed by atoms with E-state index in [0.717, 1.165) is 32.2 Å². The summed E-state index contributed by atoms with van der Waals surface area (Å²) in [5, 5.41) is 0. The lowest BCUT2D eigenvalue weighted by Crippen LogP contribution is -2.27. The minimum absolute atomic E-state index is 0.619. The first-order valence-corrected chi connectivity index (χ1v) is 6.98. The van der Waals surface area contributed by atoms with Gasteiger partial charge in [-0.2, -0.15) is 0 Å². The van der Waals surface area contributed by atoms with Crippen molar-refractivity contribution in [2.75, 3.05) is 24.7 Å². The van der Waals surface area contributed by atoms with Crippen LogP contribution in [0, 0.1) is 0 Å². The van der Waals surface area contributed by atoms with Crippen molar-refractivity contribution in [2.45, 2.75) is 38.8 Å². The van der Waals surface area contributed by atoms with Crippen LogP contribution in [0.4, 0.5) is 5.69 Å². The van der Waals surface area contributed by atoms with E-state index in [1.54, 1.807) is 0 Å². The Balaban J connectivity index is 1.91. The average molecular weight is 248 g/mol. The summed E-state index contributed by atoms with van der Waals surface area (Å²) in [6.45, 7) is 5.43. The van der Waals surface area contributed by atoms with Crippen LogP contribution in [0.1, 0.15) is 31.7 Å². The molecule has 2 N–H and O–H groups in total. The van der Waals surface area contributed by atoms with Crippen molar-refractivity contribution in [3.63, 3.8) is 0 Å². The normalized spacial score (nSPS) is 14.8. The number of hydrogen-bond acceptors (Lipinski definition) is 3. The molecule has 0 unspecified atom stereocenters. The van der Waals surface area contributed by atoms with Gasteiger partial charge in [0, 0.05) is 38.0 Å². The van der Waals surface area contributed by atoms with Gasteiger partial charge in [0.05, 0.1) is 0 Å². The molecular formula is C15H24N2O. The van der Waals surface area contributed by atoms with Crippen molar-refractivity contribution in [2.24, 2.45) is 5.73 Å². The summed E-state index contributed by atoms with van der Waals surface area (Å²) in [5.74, 6) is 0. The Morgan fingerprint density at radius 1 is 1.28 bits per heavy atom. The smallest absolute Gasteiger partial charge is 0.0482 e. The highest BCUT2D eigenvalue weighted by Gasteiger charge is 2.28. The van der Waals surface area contributed by atoms with Crippen LogP contribution < -0.4 is 10.6 Å². The molecule has 0 atom stereocenters. The lowest BCUT2D eigenvalue weighted by atomic mass is 10.2. The monoisotopic (exact) mass is 248 g/mol. The van der Waals surface area contributed by atoms with Gasteiger partial charge in [0.2, 0.25) is 0 Å². The Kier molecular flexibility index (Phi) is 5.02. The third kappa shape index (κ3) is 3.72.